The van der Waals surface area contributed by atoms with Gasteiger partial charge in [0.1, 0.15) is 0 Å². The predicted octanol–water partition coefficient (Wildman–Crippen LogP) is 23.9. The van der Waals surface area contributed by atoms with Crippen molar-refractivity contribution in [2.45, 2.75) is 418 Å². The molecule has 3 N–H and O–H groups in total. The number of unbranched alkanes of at least 4 members (excludes halogenated alkanes) is 54. The minimum atomic E-state index is -0.844. The topological polar surface area (TPSA) is 95.9 Å². The summed E-state index contributed by atoms with van der Waals surface area (Å²) in [7, 11) is 0. The summed E-state index contributed by atoms with van der Waals surface area (Å²) in [6, 6.07) is -0.627. The highest BCUT2D eigenvalue weighted by Crippen LogP contribution is 2.19. The maximum atomic E-state index is 12.5. The van der Waals surface area contributed by atoms with Crippen molar-refractivity contribution in [1.82, 2.24) is 5.32 Å². The quantitative estimate of drug-likeness (QED) is 0.0320. The number of hydrogen-bond acceptors (Lipinski definition) is 5. The molecule has 0 fully saturated rings. The summed E-state index contributed by atoms with van der Waals surface area (Å²) < 4.78 is 5.50. The lowest BCUT2D eigenvalue weighted by atomic mass is 10.0. The van der Waals surface area contributed by atoms with E-state index < -0.39 is 12.1 Å². The van der Waals surface area contributed by atoms with Crippen LogP contribution in [0.3, 0.4) is 0 Å². The molecule has 0 saturated carbocycles. The number of aliphatic hydroxyl groups is 2. The third-order valence-electron chi connectivity index (χ3n) is 17.2. The first-order chi connectivity index (χ1) is 40.0. The van der Waals surface area contributed by atoms with Gasteiger partial charge in [-0.15, -0.1) is 0 Å². The molecule has 0 bridgehead atoms. The summed E-state index contributed by atoms with van der Waals surface area (Å²) >= 11 is 0. The molecule has 478 valence electrons. The highest BCUT2D eigenvalue weighted by Gasteiger charge is 2.18. The molecule has 0 aromatic carbocycles. The van der Waals surface area contributed by atoms with Crippen LogP contribution in [-0.2, 0) is 14.3 Å². The van der Waals surface area contributed by atoms with E-state index in [9.17, 15) is 19.8 Å². The lowest BCUT2D eigenvalue weighted by Gasteiger charge is -2.20. The Kier molecular flexibility index (Phi) is 68.9. The number of aliphatic hydroxyl groups excluding tert-OH is 2. The lowest BCUT2D eigenvalue weighted by molar-refractivity contribution is -0.143. The SMILES string of the molecule is CCCCC/C=C\C/C=C\CCCCCCCCCC(=O)OCCCCCCCCCCCCCCCCCCCCCCCCCCCCCC(=O)NC(CO)C(O)/C=C/CCCCCCCCCCCCCCCCCCCC. The Labute approximate surface area is 506 Å². The summed E-state index contributed by atoms with van der Waals surface area (Å²) in [5.41, 5.74) is 0. The Hall–Kier alpha value is -1.92. The number of amides is 1. The van der Waals surface area contributed by atoms with E-state index in [4.69, 9.17) is 4.74 Å². The molecule has 2 atom stereocenters. The molecule has 0 heterocycles. The van der Waals surface area contributed by atoms with Crippen molar-refractivity contribution < 1.29 is 24.5 Å². The van der Waals surface area contributed by atoms with Crippen LogP contribution in [0.2, 0.25) is 0 Å². The van der Waals surface area contributed by atoms with E-state index in [0.717, 1.165) is 51.4 Å². The average Bonchev–Trinajstić information content (AvgIpc) is 3.47. The van der Waals surface area contributed by atoms with Gasteiger partial charge in [0.25, 0.3) is 0 Å². The van der Waals surface area contributed by atoms with Gasteiger partial charge < -0.3 is 20.3 Å². The molecule has 6 heteroatoms. The number of ether oxygens (including phenoxy) is 1. The van der Waals surface area contributed by atoms with Crippen molar-refractivity contribution in [3.63, 3.8) is 0 Å². The van der Waals surface area contributed by atoms with Crippen LogP contribution < -0.4 is 5.32 Å². The first-order valence-electron chi connectivity index (χ1n) is 36.8. The van der Waals surface area contributed by atoms with Gasteiger partial charge in [0.05, 0.1) is 25.4 Å². The second-order valence-electron chi connectivity index (χ2n) is 25.3. The maximum absolute atomic E-state index is 12.5. The van der Waals surface area contributed by atoms with E-state index in [1.165, 1.54) is 327 Å². The van der Waals surface area contributed by atoms with E-state index in [2.05, 4.69) is 43.5 Å². The third kappa shape index (κ3) is 67.1. The molecule has 0 saturated heterocycles. The molecule has 0 aromatic rings. The normalized spacial score (nSPS) is 12.7. The number of hydrogen-bond donors (Lipinski definition) is 3. The number of rotatable bonds is 69. The van der Waals surface area contributed by atoms with Gasteiger partial charge >= 0.3 is 5.97 Å². The van der Waals surface area contributed by atoms with E-state index in [1.54, 1.807) is 6.08 Å². The largest absolute Gasteiger partial charge is 0.466 e. The Balaban J connectivity index is 3.37. The van der Waals surface area contributed by atoms with E-state index in [1.807, 2.05) is 6.08 Å². The summed E-state index contributed by atoms with van der Waals surface area (Å²) in [5.74, 6) is -0.0510. The zero-order valence-electron chi connectivity index (χ0n) is 54.8. The molecule has 81 heavy (non-hydrogen) atoms. The van der Waals surface area contributed by atoms with Crippen LogP contribution in [0.1, 0.15) is 406 Å². The van der Waals surface area contributed by atoms with Crippen molar-refractivity contribution in [3.8, 4) is 0 Å². The van der Waals surface area contributed by atoms with Crippen LogP contribution in [0, 0.1) is 0 Å². The van der Waals surface area contributed by atoms with Gasteiger partial charge in [-0.1, -0.05) is 365 Å². The molecule has 0 rings (SSSR count). The fourth-order valence-corrected chi connectivity index (χ4v) is 11.6. The van der Waals surface area contributed by atoms with Gasteiger partial charge in [-0.05, 0) is 64.2 Å². The Morgan fingerprint density at radius 1 is 0.346 bits per heavy atom. The number of carbonyl (C=O) groups excluding carboxylic acids is 2. The number of esters is 1. The second-order valence-corrected chi connectivity index (χ2v) is 25.3. The van der Waals surface area contributed by atoms with Crippen molar-refractivity contribution >= 4 is 11.9 Å². The van der Waals surface area contributed by atoms with Crippen molar-refractivity contribution in [2.24, 2.45) is 0 Å². The molecule has 0 aliphatic rings. The number of carbonyl (C=O) groups is 2. The minimum absolute atomic E-state index is 0.0105. The highest BCUT2D eigenvalue weighted by atomic mass is 16.5. The lowest BCUT2D eigenvalue weighted by Crippen LogP contribution is -2.45. The molecule has 2 unspecified atom stereocenters. The molecule has 0 radical (unpaired) electrons. The first kappa shape index (κ1) is 79.1. The zero-order valence-corrected chi connectivity index (χ0v) is 54.8. The average molecular weight is 1140 g/mol. The Morgan fingerprint density at radius 2 is 0.617 bits per heavy atom. The van der Waals surface area contributed by atoms with Gasteiger partial charge in [-0.3, -0.25) is 9.59 Å². The van der Waals surface area contributed by atoms with Crippen LogP contribution in [0.25, 0.3) is 0 Å². The molecule has 0 aliphatic carbocycles. The molecule has 0 aromatic heterocycles. The van der Waals surface area contributed by atoms with Crippen molar-refractivity contribution in [2.75, 3.05) is 13.2 Å². The predicted molar refractivity (Wildman–Crippen MR) is 356 cm³/mol. The molecule has 6 nitrogen and oxygen atoms in total. The smallest absolute Gasteiger partial charge is 0.305 e. The van der Waals surface area contributed by atoms with Gasteiger partial charge in [0.15, 0.2) is 0 Å². The summed E-state index contributed by atoms with van der Waals surface area (Å²) in [6.07, 6.45) is 90.9. The monoisotopic (exact) mass is 1140 g/mol. The third-order valence-corrected chi connectivity index (χ3v) is 17.2. The van der Waals surface area contributed by atoms with E-state index >= 15 is 0 Å². The molecular formula is C75H143NO5. The van der Waals surface area contributed by atoms with E-state index in [0.29, 0.717) is 19.4 Å². The molecule has 1 amide bonds. The number of nitrogens with one attached hydrogen (secondary N) is 1. The zero-order chi connectivity index (χ0) is 58.5. The summed E-state index contributed by atoms with van der Waals surface area (Å²) in [6.45, 7) is 4.92. The standard InChI is InChI=1S/C75H143NO5/c1-3-5-7-9-11-13-15-17-19-21-22-32-36-39-43-47-51-55-59-63-67-73(78)72(71-77)76-74(79)68-64-60-56-52-48-44-40-37-33-30-28-26-24-23-25-27-29-31-34-38-42-46-50-54-58-62-66-70-81-75(80)69-65-61-57-53-49-45-41-35-20-18-16-14-12-10-8-6-4-2/h12,14,18,20,63,67,72-73,77-78H,3-11,13,15-17,19,21-62,64-66,68-71H2,1-2H3,(H,76,79)/b14-12-,20-18-,67-63+. The summed E-state index contributed by atoms with van der Waals surface area (Å²) in [5, 5.41) is 23.3. The van der Waals surface area contributed by atoms with Gasteiger partial charge in [0.2, 0.25) is 5.91 Å². The van der Waals surface area contributed by atoms with Crippen LogP contribution in [0.5, 0.6) is 0 Å². The Bertz CT molecular complexity index is 1310. The molecule has 0 aliphatic heterocycles. The minimum Gasteiger partial charge on any atom is -0.466 e. The van der Waals surface area contributed by atoms with Crippen molar-refractivity contribution in [3.05, 3.63) is 36.5 Å². The highest BCUT2D eigenvalue weighted by molar-refractivity contribution is 5.76. The number of allylic oxidation sites excluding steroid dienone is 5. The maximum Gasteiger partial charge on any atom is 0.305 e. The molecular weight excluding hydrogens is 995 g/mol. The Morgan fingerprint density at radius 3 is 0.963 bits per heavy atom. The van der Waals surface area contributed by atoms with Gasteiger partial charge in [-0.25, -0.2) is 0 Å². The van der Waals surface area contributed by atoms with Crippen LogP contribution >= 0.6 is 0 Å². The summed E-state index contributed by atoms with van der Waals surface area (Å²) in [4.78, 5) is 24.6. The van der Waals surface area contributed by atoms with Crippen molar-refractivity contribution in [1.29, 1.82) is 0 Å². The fourth-order valence-electron chi connectivity index (χ4n) is 11.6. The fraction of sp³-hybridized carbons (Fsp3) is 0.893. The van der Waals surface area contributed by atoms with Crippen LogP contribution in [-0.4, -0.2) is 47.4 Å². The first-order valence-corrected chi connectivity index (χ1v) is 36.8. The van der Waals surface area contributed by atoms with Crippen LogP contribution in [0.4, 0.5) is 0 Å². The van der Waals surface area contributed by atoms with Gasteiger partial charge in [0, 0.05) is 12.8 Å². The van der Waals surface area contributed by atoms with Crippen LogP contribution in [0.15, 0.2) is 36.5 Å². The van der Waals surface area contributed by atoms with Gasteiger partial charge in [-0.2, -0.15) is 0 Å². The molecule has 0 spiro atoms. The van der Waals surface area contributed by atoms with E-state index in [-0.39, 0.29) is 18.5 Å². The second kappa shape index (κ2) is 70.6.